The first-order chi connectivity index (χ1) is 9.11. The molecule has 2 aliphatic rings. The summed E-state index contributed by atoms with van der Waals surface area (Å²) >= 11 is 5.10. The van der Waals surface area contributed by atoms with Gasteiger partial charge in [-0.25, -0.2) is 0 Å². The molecule has 0 aromatic rings. The summed E-state index contributed by atoms with van der Waals surface area (Å²) in [6.07, 6.45) is 7.05. The molecular weight excluding hydrogens is 254 g/mol. The van der Waals surface area contributed by atoms with Gasteiger partial charge >= 0.3 is 0 Å². The van der Waals surface area contributed by atoms with Crippen LogP contribution in [-0.4, -0.2) is 53.1 Å². The van der Waals surface area contributed by atoms with Crippen molar-refractivity contribution < 1.29 is 0 Å². The highest BCUT2D eigenvalue weighted by Gasteiger charge is 2.29. The van der Waals surface area contributed by atoms with Crippen molar-refractivity contribution in [2.24, 2.45) is 11.7 Å². The van der Waals surface area contributed by atoms with Crippen LogP contribution in [0.5, 0.6) is 0 Å². The first kappa shape index (κ1) is 15.2. The van der Waals surface area contributed by atoms with Crippen LogP contribution in [0.25, 0.3) is 0 Å². The predicted octanol–water partition coefficient (Wildman–Crippen LogP) is 2.25. The number of nitrogens with zero attached hydrogens (tertiary/aromatic N) is 2. The normalized spacial score (nSPS) is 32.1. The van der Waals surface area contributed by atoms with Crippen LogP contribution in [-0.2, 0) is 0 Å². The Morgan fingerprint density at radius 1 is 1.16 bits per heavy atom. The summed E-state index contributed by atoms with van der Waals surface area (Å²) < 4.78 is 0. The quantitative estimate of drug-likeness (QED) is 0.802. The van der Waals surface area contributed by atoms with Crippen LogP contribution in [0.1, 0.15) is 46.0 Å². The zero-order chi connectivity index (χ0) is 13.8. The molecule has 1 heterocycles. The Morgan fingerprint density at radius 2 is 1.74 bits per heavy atom. The molecule has 4 heteroatoms. The number of piperazine rings is 1. The van der Waals surface area contributed by atoms with E-state index >= 15 is 0 Å². The molecule has 1 saturated heterocycles. The number of rotatable bonds is 4. The van der Waals surface area contributed by atoms with Gasteiger partial charge in [0.1, 0.15) is 0 Å². The molecule has 1 aliphatic carbocycles. The van der Waals surface area contributed by atoms with Crippen LogP contribution in [0, 0.1) is 5.92 Å². The van der Waals surface area contributed by atoms with E-state index < -0.39 is 0 Å². The molecule has 3 nitrogen and oxygen atoms in total. The molecule has 2 rings (SSSR count). The lowest BCUT2D eigenvalue weighted by Crippen LogP contribution is -2.55. The molecule has 1 aliphatic heterocycles. The largest absolute Gasteiger partial charge is 0.392 e. The number of nitrogens with two attached hydrogens (primary N) is 1. The maximum Gasteiger partial charge on any atom is 0.0899 e. The third kappa shape index (κ3) is 3.89. The Balaban J connectivity index is 1.76. The molecule has 2 N–H and O–H groups in total. The Labute approximate surface area is 123 Å². The van der Waals surface area contributed by atoms with Crippen molar-refractivity contribution in [1.82, 2.24) is 9.80 Å². The Hall–Kier alpha value is -0.190. The van der Waals surface area contributed by atoms with E-state index in [1.54, 1.807) is 0 Å². The van der Waals surface area contributed by atoms with Crippen LogP contribution >= 0.6 is 12.2 Å². The zero-order valence-electron chi connectivity index (χ0n) is 12.5. The minimum atomic E-state index is 0.257. The fraction of sp³-hybridized carbons (Fsp3) is 0.933. The lowest BCUT2D eigenvalue weighted by atomic mass is 9.84. The minimum Gasteiger partial charge on any atom is -0.392 e. The average Bonchev–Trinajstić information content (AvgIpc) is 2.46. The van der Waals surface area contributed by atoms with Crippen LogP contribution < -0.4 is 5.73 Å². The van der Waals surface area contributed by atoms with Gasteiger partial charge in [-0.3, -0.25) is 9.80 Å². The smallest absolute Gasteiger partial charge is 0.0899 e. The third-order valence-electron chi connectivity index (χ3n) is 5.22. The van der Waals surface area contributed by atoms with E-state index in [9.17, 15) is 0 Å². The number of hydrogen-bond acceptors (Lipinski definition) is 3. The molecular formula is C15H29N3S. The van der Waals surface area contributed by atoms with Crippen LogP contribution in [0.15, 0.2) is 0 Å². The summed E-state index contributed by atoms with van der Waals surface area (Å²) in [6.45, 7) is 9.08. The second-order valence-electron chi connectivity index (χ2n) is 6.23. The fourth-order valence-corrected chi connectivity index (χ4v) is 3.74. The van der Waals surface area contributed by atoms with Gasteiger partial charge in [-0.05, 0) is 38.5 Å². The minimum absolute atomic E-state index is 0.257. The van der Waals surface area contributed by atoms with Gasteiger partial charge < -0.3 is 5.73 Å². The molecule has 1 atom stereocenters. The van der Waals surface area contributed by atoms with E-state index in [1.165, 1.54) is 45.2 Å². The summed E-state index contributed by atoms with van der Waals surface area (Å²) in [6, 6.07) is 1.10. The maximum absolute atomic E-state index is 5.75. The topological polar surface area (TPSA) is 32.5 Å². The first-order valence-electron chi connectivity index (χ1n) is 7.89. The van der Waals surface area contributed by atoms with Crippen molar-refractivity contribution >= 4 is 17.2 Å². The molecule has 0 bridgehead atoms. The second-order valence-corrected chi connectivity index (χ2v) is 6.70. The summed E-state index contributed by atoms with van der Waals surface area (Å²) in [7, 11) is 0. The molecule has 0 spiro atoms. The summed E-state index contributed by atoms with van der Waals surface area (Å²) in [5.41, 5.74) is 5.75. The van der Waals surface area contributed by atoms with Gasteiger partial charge in [0.2, 0.25) is 0 Å². The monoisotopic (exact) mass is 283 g/mol. The average molecular weight is 283 g/mol. The molecule has 0 radical (unpaired) electrons. The van der Waals surface area contributed by atoms with E-state index in [0.29, 0.717) is 4.99 Å². The Morgan fingerprint density at radius 3 is 2.21 bits per heavy atom. The maximum atomic E-state index is 5.75. The summed E-state index contributed by atoms with van der Waals surface area (Å²) in [4.78, 5) is 5.77. The third-order valence-corrected chi connectivity index (χ3v) is 5.56. The van der Waals surface area contributed by atoms with Crippen molar-refractivity contribution in [3.05, 3.63) is 0 Å². The van der Waals surface area contributed by atoms with Gasteiger partial charge in [0.15, 0.2) is 0 Å². The van der Waals surface area contributed by atoms with Gasteiger partial charge in [0, 0.05) is 32.2 Å². The van der Waals surface area contributed by atoms with Crippen LogP contribution in [0.3, 0.4) is 0 Å². The van der Waals surface area contributed by atoms with Gasteiger partial charge in [0.25, 0.3) is 0 Å². The van der Waals surface area contributed by atoms with E-state index in [2.05, 4.69) is 23.6 Å². The van der Waals surface area contributed by atoms with Crippen molar-refractivity contribution in [1.29, 1.82) is 0 Å². The number of thiocarbonyl (C=S) groups is 1. The SMILES string of the molecule is CCC1CCC(N2CCN(C(C)C(N)=S)CC2)CC1. The molecule has 0 aromatic carbocycles. The van der Waals surface area contributed by atoms with E-state index in [4.69, 9.17) is 18.0 Å². The molecule has 110 valence electrons. The lowest BCUT2D eigenvalue weighted by Gasteiger charge is -2.43. The second kappa shape index (κ2) is 7.00. The van der Waals surface area contributed by atoms with E-state index in [1.807, 2.05) is 0 Å². The van der Waals surface area contributed by atoms with Crippen molar-refractivity contribution in [2.45, 2.75) is 58.0 Å². The molecule has 19 heavy (non-hydrogen) atoms. The molecule has 2 fully saturated rings. The molecule has 0 aromatic heterocycles. The lowest BCUT2D eigenvalue weighted by molar-refractivity contribution is 0.0649. The van der Waals surface area contributed by atoms with Crippen molar-refractivity contribution in [2.75, 3.05) is 26.2 Å². The highest BCUT2D eigenvalue weighted by Crippen LogP contribution is 2.30. The number of hydrogen-bond donors (Lipinski definition) is 1. The first-order valence-corrected chi connectivity index (χ1v) is 8.30. The van der Waals surface area contributed by atoms with Gasteiger partial charge in [-0.15, -0.1) is 0 Å². The van der Waals surface area contributed by atoms with Gasteiger partial charge in [-0.1, -0.05) is 25.6 Å². The van der Waals surface area contributed by atoms with Crippen molar-refractivity contribution in [3.8, 4) is 0 Å². The standard InChI is InChI=1S/C15H29N3S/c1-3-13-4-6-14(7-5-13)18-10-8-17(9-11-18)12(2)15(16)19/h12-14H,3-11H2,1-2H3,(H2,16,19). The fourth-order valence-electron chi connectivity index (χ4n) is 3.59. The highest BCUT2D eigenvalue weighted by molar-refractivity contribution is 7.80. The molecule has 1 unspecified atom stereocenters. The Bertz CT molecular complexity index is 292. The predicted molar refractivity (Wildman–Crippen MR) is 85.4 cm³/mol. The van der Waals surface area contributed by atoms with Crippen molar-refractivity contribution in [3.63, 3.8) is 0 Å². The van der Waals surface area contributed by atoms with Crippen LogP contribution in [0.4, 0.5) is 0 Å². The highest BCUT2D eigenvalue weighted by atomic mass is 32.1. The Kier molecular flexibility index (Phi) is 5.60. The van der Waals surface area contributed by atoms with Gasteiger partial charge in [-0.2, -0.15) is 0 Å². The molecule has 0 amide bonds. The zero-order valence-corrected chi connectivity index (χ0v) is 13.3. The van der Waals surface area contributed by atoms with E-state index in [0.717, 1.165) is 25.0 Å². The van der Waals surface area contributed by atoms with Crippen LogP contribution in [0.2, 0.25) is 0 Å². The molecule has 1 saturated carbocycles. The van der Waals surface area contributed by atoms with Gasteiger partial charge in [0.05, 0.1) is 11.0 Å². The summed E-state index contributed by atoms with van der Waals surface area (Å²) in [5, 5.41) is 0. The summed E-state index contributed by atoms with van der Waals surface area (Å²) in [5.74, 6) is 0.993. The van der Waals surface area contributed by atoms with E-state index in [-0.39, 0.29) is 6.04 Å².